The zero-order valence-electron chi connectivity index (χ0n) is 10.7. The molecule has 0 aliphatic rings. The van der Waals surface area contributed by atoms with Gasteiger partial charge in [0.2, 0.25) is 0 Å². The summed E-state index contributed by atoms with van der Waals surface area (Å²) < 4.78 is 5.35. The third kappa shape index (κ3) is 3.98. The number of amides is 1. The largest absolute Gasteiger partial charge is 0.508 e. The van der Waals surface area contributed by atoms with Crippen LogP contribution in [-0.2, 0) is 4.79 Å². The van der Waals surface area contributed by atoms with Gasteiger partial charge in [0.25, 0.3) is 5.91 Å². The Hall–Kier alpha value is -1.71. The third-order valence-corrected chi connectivity index (χ3v) is 2.57. The van der Waals surface area contributed by atoms with Crippen molar-refractivity contribution in [3.63, 3.8) is 0 Å². The van der Waals surface area contributed by atoms with E-state index in [1.807, 2.05) is 20.8 Å². The van der Waals surface area contributed by atoms with Gasteiger partial charge in [-0.05, 0) is 38.5 Å². The lowest BCUT2D eigenvalue weighted by Gasteiger charge is -2.21. The molecule has 0 aromatic heterocycles. The van der Waals surface area contributed by atoms with E-state index in [0.29, 0.717) is 5.75 Å². The maximum absolute atomic E-state index is 11.7. The van der Waals surface area contributed by atoms with E-state index in [2.05, 4.69) is 0 Å². The monoisotopic (exact) mass is 237 g/mol. The van der Waals surface area contributed by atoms with E-state index >= 15 is 0 Å². The van der Waals surface area contributed by atoms with Crippen LogP contribution in [0.2, 0.25) is 0 Å². The smallest absolute Gasteiger partial charge is 0.260 e. The van der Waals surface area contributed by atoms with Crippen LogP contribution in [0.4, 0.5) is 0 Å². The highest BCUT2D eigenvalue weighted by Crippen LogP contribution is 2.21. The van der Waals surface area contributed by atoms with Crippen molar-refractivity contribution in [2.24, 2.45) is 0 Å². The van der Waals surface area contributed by atoms with Gasteiger partial charge in [-0.25, -0.2) is 0 Å². The highest BCUT2D eigenvalue weighted by molar-refractivity contribution is 5.77. The molecular weight excluding hydrogens is 218 g/mol. The summed E-state index contributed by atoms with van der Waals surface area (Å²) in [4.78, 5) is 13.3. The fourth-order valence-electron chi connectivity index (χ4n) is 1.35. The number of nitrogens with zero attached hydrogens (tertiary/aromatic N) is 1. The van der Waals surface area contributed by atoms with Crippen molar-refractivity contribution in [2.45, 2.75) is 26.8 Å². The molecule has 1 aromatic carbocycles. The van der Waals surface area contributed by atoms with Crippen molar-refractivity contribution in [1.29, 1.82) is 0 Å². The molecule has 0 radical (unpaired) electrons. The van der Waals surface area contributed by atoms with Crippen molar-refractivity contribution in [3.05, 3.63) is 23.8 Å². The van der Waals surface area contributed by atoms with Crippen molar-refractivity contribution in [3.8, 4) is 11.5 Å². The van der Waals surface area contributed by atoms with E-state index in [-0.39, 0.29) is 24.3 Å². The average molecular weight is 237 g/mol. The lowest BCUT2D eigenvalue weighted by molar-refractivity contribution is -0.133. The Morgan fingerprint density at radius 2 is 2.06 bits per heavy atom. The Kier molecular flexibility index (Phi) is 4.37. The molecule has 1 N–H and O–H groups in total. The Morgan fingerprint density at radius 1 is 1.41 bits per heavy atom. The zero-order chi connectivity index (χ0) is 13.0. The molecule has 0 spiro atoms. The van der Waals surface area contributed by atoms with Crippen LogP contribution in [0.1, 0.15) is 19.4 Å². The second kappa shape index (κ2) is 5.57. The SMILES string of the molecule is Cc1cc(O)cc(OCC(=O)N(C)C(C)C)c1. The Bertz CT molecular complexity index is 381. The number of benzene rings is 1. The molecule has 0 atom stereocenters. The first-order valence-electron chi connectivity index (χ1n) is 5.59. The van der Waals surface area contributed by atoms with Crippen LogP contribution in [0.25, 0.3) is 0 Å². The summed E-state index contributed by atoms with van der Waals surface area (Å²) in [6, 6.07) is 5.06. The number of carbonyl (C=O) groups is 1. The molecule has 94 valence electrons. The molecule has 1 amide bonds. The van der Waals surface area contributed by atoms with Crippen LogP contribution in [-0.4, -0.2) is 35.6 Å². The molecule has 17 heavy (non-hydrogen) atoms. The maximum atomic E-state index is 11.7. The van der Waals surface area contributed by atoms with Crippen molar-refractivity contribution < 1.29 is 14.6 Å². The summed E-state index contributed by atoms with van der Waals surface area (Å²) in [5.74, 6) is 0.568. The Balaban J connectivity index is 2.58. The summed E-state index contributed by atoms with van der Waals surface area (Å²) in [7, 11) is 1.74. The number of likely N-dealkylation sites (N-methyl/N-ethyl adjacent to an activating group) is 1. The van der Waals surface area contributed by atoms with Crippen LogP contribution in [0, 0.1) is 6.92 Å². The third-order valence-electron chi connectivity index (χ3n) is 2.57. The molecule has 0 heterocycles. The van der Waals surface area contributed by atoms with Crippen LogP contribution < -0.4 is 4.74 Å². The topological polar surface area (TPSA) is 49.8 Å². The van der Waals surface area contributed by atoms with Crippen molar-refractivity contribution in [1.82, 2.24) is 4.90 Å². The number of hydrogen-bond donors (Lipinski definition) is 1. The number of carbonyl (C=O) groups excluding carboxylic acids is 1. The van der Waals surface area contributed by atoms with Gasteiger partial charge >= 0.3 is 0 Å². The van der Waals surface area contributed by atoms with Crippen molar-refractivity contribution >= 4 is 5.91 Å². The van der Waals surface area contributed by atoms with Gasteiger partial charge < -0.3 is 14.7 Å². The maximum Gasteiger partial charge on any atom is 0.260 e. The lowest BCUT2D eigenvalue weighted by atomic mass is 10.2. The molecular formula is C13H19NO3. The molecule has 0 fully saturated rings. The van der Waals surface area contributed by atoms with Gasteiger partial charge in [0.1, 0.15) is 11.5 Å². The summed E-state index contributed by atoms with van der Waals surface area (Å²) in [5, 5.41) is 9.38. The van der Waals surface area contributed by atoms with Crippen LogP contribution in [0.5, 0.6) is 11.5 Å². The molecule has 0 saturated carbocycles. The Morgan fingerprint density at radius 3 is 2.59 bits per heavy atom. The second-order valence-electron chi connectivity index (χ2n) is 4.39. The highest BCUT2D eigenvalue weighted by Gasteiger charge is 2.12. The summed E-state index contributed by atoms with van der Waals surface area (Å²) in [5.41, 5.74) is 0.893. The minimum Gasteiger partial charge on any atom is -0.508 e. The fraction of sp³-hybridized carbons (Fsp3) is 0.462. The van der Waals surface area contributed by atoms with Gasteiger partial charge in [-0.1, -0.05) is 0 Å². The normalized spacial score (nSPS) is 10.4. The number of aromatic hydroxyl groups is 1. The summed E-state index contributed by atoms with van der Waals surface area (Å²) >= 11 is 0. The number of hydrogen-bond acceptors (Lipinski definition) is 3. The molecule has 0 unspecified atom stereocenters. The van der Waals surface area contributed by atoms with E-state index in [1.54, 1.807) is 24.1 Å². The second-order valence-corrected chi connectivity index (χ2v) is 4.39. The van der Waals surface area contributed by atoms with E-state index < -0.39 is 0 Å². The number of aryl methyl sites for hydroxylation is 1. The van der Waals surface area contributed by atoms with Gasteiger partial charge in [0.05, 0.1) is 0 Å². The van der Waals surface area contributed by atoms with Gasteiger partial charge in [-0.15, -0.1) is 0 Å². The first-order chi connectivity index (χ1) is 7.90. The van der Waals surface area contributed by atoms with E-state index in [9.17, 15) is 9.90 Å². The molecule has 0 bridgehead atoms. The van der Waals surface area contributed by atoms with Crippen molar-refractivity contribution in [2.75, 3.05) is 13.7 Å². The van der Waals surface area contributed by atoms with Gasteiger partial charge in [0.15, 0.2) is 6.61 Å². The van der Waals surface area contributed by atoms with Crippen LogP contribution in [0.15, 0.2) is 18.2 Å². The number of phenols is 1. The number of rotatable bonds is 4. The summed E-state index contributed by atoms with van der Waals surface area (Å²) in [6.07, 6.45) is 0. The molecule has 0 aliphatic heterocycles. The number of phenolic OH excluding ortho intramolecular Hbond substituents is 1. The first kappa shape index (κ1) is 13.4. The van der Waals surface area contributed by atoms with Crippen LogP contribution >= 0.6 is 0 Å². The predicted molar refractivity (Wildman–Crippen MR) is 66.2 cm³/mol. The van der Waals surface area contributed by atoms with Gasteiger partial charge in [-0.3, -0.25) is 4.79 Å². The molecule has 4 heteroatoms. The molecule has 0 aliphatic carbocycles. The molecule has 1 aromatic rings. The number of ether oxygens (including phenoxy) is 1. The zero-order valence-corrected chi connectivity index (χ0v) is 10.7. The Labute approximate surface area is 102 Å². The van der Waals surface area contributed by atoms with E-state index in [1.165, 1.54) is 6.07 Å². The van der Waals surface area contributed by atoms with Gasteiger partial charge in [0, 0.05) is 19.2 Å². The lowest BCUT2D eigenvalue weighted by Crippen LogP contribution is -2.36. The minimum absolute atomic E-state index is 0.0163. The molecule has 1 rings (SSSR count). The summed E-state index contributed by atoms with van der Waals surface area (Å²) in [6.45, 7) is 5.72. The molecule has 4 nitrogen and oxygen atoms in total. The first-order valence-corrected chi connectivity index (χ1v) is 5.59. The van der Waals surface area contributed by atoms with Crippen LogP contribution in [0.3, 0.4) is 0 Å². The highest BCUT2D eigenvalue weighted by atomic mass is 16.5. The standard InChI is InChI=1S/C13H19NO3/c1-9(2)14(4)13(16)8-17-12-6-10(3)5-11(15)7-12/h5-7,9,15H,8H2,1-4H3. The van der Waals surface area contributed by atoms with E-state index in [4.69, 9.17) is 4.74 Å². The average Bonchev–Trinajstić information content (AvgIpc) is 2.23. The quantitative estimate of drug-likeness (QED) is 0.870. The van der Waals surface area contributed by atoms with Gasteiger partial charge in [-0.2, -0.15) is 0 Å². The minimum atomic E-state index is -0.0824. The van der Waals surface area contributed by atoms with E-state index in [0.717, 1.165) is 5.56 Å². The fourth-order valence-corrected chi connectivity index (χ4v) is 1.35. The predicted octanol–water partition coefficient (Wildman–Crippen LogP) is 1.95. The molecule has 0 saturated heterocycles.